The Bertz CT molecular complexity index is 3360. The molecule has 0 aliphatic carbocycles. The summed E-state index contributed by atoms with van der Waals surface area (Å²) in [5.74, 6) is 1.28. The van der Waals surface area contributed by atoms with Crippen molar-refractivity contribution in [2.75, 3.05) is 0 Å². The molecule has 0 amide bonds. The second-order valence-corrected chi connectivity index (χ2v) is 18.1. The summed E-state index contributed by atoms with van der Waals surface area (Å²) >= 11 is 0. The van der Waals surface area contributed by atoms with Crippen molar-refractivity contribution in [1.82, 2.24) is 14.5 Å². The average Bonchev–Trinajstić information content (AvgIpc) is 3.69. The van der Waals surface area contributed by atoms with Gasteiger partial charge in [-0.2, -0.15) is 0 Å². The van der Waals surface area contributed by atoms with E-state index in [1.165, 1.54) is 5.56 Å². The minimum atomic E-state index is -2.96. The largest absolute Gasteiger partial charge is 0.507 e. The van der Waals surface area contributed by atoms with Crippen LogP contribution in [0.3, 0.4) is 0 Å². The molecule has 0 atom stereocenters. The Balaban J connectivity index is 1.46. The molecule has 1 N–H and O–H groups in total. The molecule has 0 spiro atoms. The Morgan fingerprint density at radius 3 is 2.13 bits per heavy atom. The summed E-state index contributed by atoms with van der Waals surface area (Å²) in [5.41, 5.74) is 8.53. The number of para-hydroxylation sites is 1. The molecule has 4 nitrogen and oxygen atoms in total. The topological polar surface area (TPSA) is 50.9 Å². The first-order valence-corrected chi connectivity index (χ1v) is 21.1. The van der Waals surface area contributed by atoms with Crippen LogP contribution in [0.2, 0.25) is 0 Å². The highest BCUT2D eigenvalue weighted by Gasteiger charge is 2.26. The van der Waals surface area contributed by atoms with Crippen LogP contribution in [-0.2, 0) is 11.8 Å². The molecule has 308 valence electrons. The summed E-state index contributed by atoms with van der Waals surface area (Å²) in [6.45, 7) is 16.0. The first-order chi connectivity index (χ1) is 33.3. The van der Waals surface area contributed by atoms with E-state index in [0.717, 1.165) is 51.0 Å². The van der Waals surface area contributed by atoms with Crippen molar-refractivity contribution in [3.63, 3.8) is 0 Å². The normalized spacial score (nSPS) is 14.6. The molecular weight excluding hydrogens is 743 g/mol. The first kappa shape index (κ1) is 30.7. The van der Waals surface area contributed by atoms with Crippen LogP contribution in [0.15, 0.2) is 139 Å². The molecule has 0 aliphatic heterocycles. The van der Waals surface area contributed by atoms with Gasteiger partial charge in [0, 0.05) is 27.0 Å². The lowest BCUT2D eigenvalue weighted by atomic mass is 9.83. The van der Waals surface area contributed by atoms with Gasteiger partial charge >= 0.3 is 0 Å². The van der Waals surface area contributed by atoms with Crippen molar-refractivity contribution >= 4 is 11.0 Å². The summed E-state index contributed by atoms with van der Waals surface area (Å²) in [6.07, 6.45) is 0.321. The molecule has 0 unspecified atom stereocenters. The average molecular weight is 812 g/mol. The fourth-order valence-corrected chi connectivity index (χ4v) is 7.98. The van der Waals surface area contributed by atoms with E-state index in [9.17, 15) is 6.48 Å². The van der Waals surface area contributed by atoms with Crippen LogP contribution in [0, 0.1) is 12.8 Å². The zero-order valence-corrected chi connectivity index (χ0v) is 36.5. The van der Waals surface area contributed by atoms with Crippen LogP contribution in [0.5, 0.6) is 5.75 Å². The van der Waals surface area contributed by atoms with Gasteiger partial charge in [0.1, 0.15) is 11.6 Å². The predicted octanol–water partition coefficient (Wildman–Crippen LogP) is 15.5. The number of phenols is 1. The summed E-state index contributed by atoms with van der Waals surface area (Å²) in [4.78, 5) is 10.00. The molecular formula is C57H59N3O. The van der Waals surface area contributed by atoms with E-state index in [-0.39, 0.29) is 28.8 Å². The smallest absolute Gasteiger partial charge is 0.149 e. The lowest BCUT2D eigenvalue weighted by Gasteiger charge is -2.22. The molecule has 0 fully saturated rings. The van der Waals surface area contributed by atoms with Gasteiger partial charge in [0.05, 0.1) is 37.6 Å². The van der Waals surface area contributed by atoms with Gasteiger partial charge < -0.3 is 5.11 Å². The van der Waals surface area contributed by atoms with Crippen molar-refractivity contribution in [3.05, 3.63) is 167 Å². The number of nitrogens with zero attached hydrogens (tertiary/aromatic N) is 3. The number of benzene rings is 6. The number of aromatic hydroxyl groups is 1. The highest BCUT2D eigenvalue weighted by molar-refractivity contribution is 5.98. The maximum absolute atomic E-state index is 12.3. The summed E-state index contributed by atoms with van der Waals surface area (Å²) in [7, 11) is 0. The van der Waals surface area contributed by atoms with Gasteiger partial charge in [0.2, 0.25) is 0 Å². The maximum Gasteiger partial charge on any atom is 0.149 e. The third-order valence-electron chi connectivity index (χ3n) is 11.3. The lowest BCUT2D eigenvalue weighted by Crippen LogP contribution is -2.11. The number of rotatable bonds is 10. The number of fused-ring (bicyclic) bond motifs is 1. The minimum Gasteiger partial charge on any atom is -0.507 e. The molecule has 2 heterocycles. The fraction of sp³-hybridized carbons (Fsp3) is 0.263. The van der Waals surface area contributed by atoms with Gasteiger partial charge in [0.25, 0.3) is 0 Å². The standard InChI is InChI=1S/C57H59N3O/c1-35(2)27-39-21-24-52(49(28-39)41-15-12-11-13-16-41)60-53-18-14-17-47(54(53)59-56(60)50-33-43(36(3)4)32-48(37(5)6)55(50)61)44-29-45(31-46(30-44)57(8,9)10)51-34-42(25-26-58-51)40-22-19-38(7)20-23-40/h11-26,28-37,61H,27H2,1-10H3/i7D3,19D,20D,22D,23D,25D,26D,34D. The van der Waals surface area contributed by atoms with Gasteiger partial charge in [-0.15, -0.1) is 0 Å². The van der Waals surface area contributed by atoms with Crippen LogP contribution in [0.25, 0.3) is 72.7 Å². The molecule has 8 aromatic rings. The zero-order chi connectivity index (χ0) is 51.8. The van der Waals surface area contributed by atoms with Crippen molar-refractivity contribution in [2.45, 2.75) is 92.8 Å². The SMILES string of the molecule is [2H]c1nc(-c2cc(-c3cccc4c3nc(-c3cc(C(C)C)cc(C(C)C)c3O)n4-c3ccc(CC(C)C)cc3-c3ccccc3)cc(C(C)(C)C)c2)c([2H])c(-c2c([2H])c([2H])c(C([2H])([2H])[2H])c([2H])c2[2H])c1[2H]. The van der Waals surface area contributed by atoms with Crippen molar-refractivity contribution in [3.8, 4) is 67.5 Å². The Labute approximate surface area is 377 Å². The van der Waals surface area contributed by atoms with Gasteiger partial charge in [-0.05, 0) is 129 Å². The van der Waals surface area contributed by atoms with Crippen LogP contribution in [0.4, 0.5) is 0 Å². The van der Waals surface area contributed by atoms with Gasteiger partial charge in [-0.1, -0.05) is 153 Å². The third kappa shape index (κ3) is 8.42. The van der Waals surface area contributed by atoms with E-state index in [1.807, 2.05) is 75.4 Å². The quantitative estimate of drug-likeness (QED) is 0.150. The number of imidazole rings is 1. The number of pyridine rings is 1. The maximum atomic E-state index is 12.3. The molecule has 61 heavy (non-hydrogen) atoms. The molecule has 4 heteroatoms. The van der Waals surface area contributed by atoms with Crippen LogP contribution in [0.1, 0.15) is 116 Å². The van der Waals surface area contributed by atoms with Gasteiger partial charge in [-0.3, -0.25) is 9.55 Å². The van der Waals surface area contributed by atoms with Crippen LogP contribution in [-0.4, -0.2) is 19.6 Å². The van der Waals surface area contributed by atoms with E-state index in [0.29, 0.717) is 33.9 Å². The van der Waals surface area contributed by atoms with Gasteiger partial charge in [0.15, 0.2) is 0 Å². The molecule has 8 rings (SSSR count). The van der Waals surface area contributed by atoms with E-state index in [1.54, 1.807) is 0 Å². The highest BCUT2D eigenvalue weighted by atomic mass is 16.3. The number of aromatic nitrogens is 3. The molecule has 0 bridgehead atoms. The van der Waals surface area contributed by atoms with Crippen molar-refractivity contribution < 1.29 is 18.8 Å². The monoisotopic (exact) mass is 812 g/mol. The Morgan fingerprint density at radius 1 is 0.689 bits per heavy atom. The van der Waals surface area contributed by atoms with Crippen molar-refractivity contribution in [1.29, 1.82) is 0 Å². The van der Waals surface area contributed by atoms with E-state index in [2.05, 4.69) is 93.6 Å². The molecule has 6 aromatic carbocycles. The summed E-state index contributed by atoms with van der Waals surface area (Å²) in [5, 5.41) is 12.3. The summed E-state index contributed by atoms with van der Waals surface area (Å²) < 4.78 is 88.3. The van der Waals surface area contributed by atoms with E-state index < -0.39 is 65.8 Å². The second kappa shape index (κ2) is 16.7. The molecule has 0 aliphatic rings. The first-order valence-electron chi connectivity index (χ1n) is 26.1. The number of phenolic OH excluding ortho intramolecular Hbond substituents is 1. The molecule has 0 radical (unpaired) electrons. The van der Waals surface area contributed by atoms with Crippen LogP contribution < -0.4 is 0 Å². The second-order valence-electron chi connectivity index (χ2n) is 18.1. The number of hydrogen-bond acceptors (Lipinski definition) is 3. The van der Waals surface area contributed by atoms with E-state index in [4.69, 9.17) is 17.3 Å². The highest BCUT2D eigenvalue weighted by Crippen LogP contribution is 2.44. The van der Waals surface area contributed by atoms with Crippen molar-refractivity contribution in [2.24, 2.45) is 5.92 Å². The lowest BCUT2D eigenvalue weighted by molar-refractivity contribution is 0.466. The Morgan fingerprint density at radius 2 is 1.44 bits per heavy atom. The molecule has 0 saturated carbocycles. The third-order valence-corrected chi connectivity index (χ3v) is 11.3. The zero-order valence-electron chi connectivity index (χ0n) is 46.5. The summed E-state index contributed by atoms with van der Waals surface area (Å²) in [6, 6.07) is 28.6. The van der Waals surface area contributed by atoms with E-state index >= 15 is 0 Å². The van der Waals surface area contributed by atoms with Crippen LogP contribution >= 0.6 is 0 Å². The minimum absolute atomic E-state index is 0.0102. The number of hydrogen-bond donors (Lipinski definition) is 1. The Hall–Kier alpha value is -6.26. The molecule has 2 aromatic heterocycles. The molecule has 0 saturated heterocycles. The Kier molecular flexibility index (Phi) is 8.39. The fourth-order valence-electron chi connectivity index (χ4n) is 7.98. The predicted molar refractivity (Wildman–Crippen MR) is 258 cm³/mol. The van der Waals surface area contributed by atoms with Gasteiger partial charge in [-0.25, -0.2) is 4.98 Å².